The number of hydrogen-bond donors (Lipinski definition) is 2. The van der Waals surface area contributed by atoms with Crippen LogP contribution in [0.15, 0.2) is 0 Å². The van der Waals surface area contributed by atoms with Crippen LogP contribution in [0.4, 0.5) is 0 Å². The maximum absolute atomic E-state index is 11.8. The number of carbonyl (C=O) groups excluding carboxylic acids is 2. The molecule has 0 aliphatic carbocycles. The number of carbonyl (C=O) groups is 2. The number of hydrogen-bond acceptors (Lipinski definition) is 3. The fraction of sp³-hybridized carbons (Fsp3) is 0.867. The molecule has 0 spiro atoms. The normalized spacial score (nSPS) is 13.9. The Balaban J connectivity index is 4.46. The minimum absolute atomic E-state index is 0.227. The lowest BCUT2D eigenvalue weighted by molar-refractivity contribution is -0.132. The molecule has 2 unspecified atom stereocenters. The first-order valence-corrected chi connectivity index (χ1v) is 7.56. The fourth-order valence-corrected chi connectivity index (χ4v) is 2.28. The number of rotatable bonds is 10. The van der Waals surface area contributed by atoms with Gasteiger partial charge in [-0.05, 0) is 25.7 Å². The van der Waals surface area contributed by atoms with Gasteiger partial charge in [0.25, 0.3) is 0 Å². The van der Waals surface area contributed by atoms with Crippen molar-refractivity contribution in [1.29, 1.82) is 0 Å². The third-order valence-corrected chi connectivity index (χ3v) is 3.35. The van der Waals surface area contributed by atoms with Gasteiger partial charge in [0, 0.05) is 20.6 Å². The molecule has 0 aliphatic rings. The van der Waals surface area contributed by atoms with Crippen molar-refractivity contribution in [3.8, 4) is 0 Å². The van der Waals surface area contributed by atoms with E-state index in [-0.39, 0.29) is 17.9 Å². The molecule has 0 aromatic rings. The van der Waals surface area contributed by atoms with Gasteiger partial charge in [0.05, 0.1) is 6.10 Å². The molecule has 0 bridgehead atoms. The average Bonchev–Trinajstić information content (AvgIpc) is 2.41. The molecule has 5 heteroatoms. The van der Waals surface area contributed by atoms with Crippen LogP contribution in [0.2, 0.25) is 0 Å². The second-order valence-electron chi connectivity index (χ2n) is 5.27. The molecule has 0 aromatic carbocycles. The highest BCUT2D eigenvalue weighted by molar-refractivity contribution is 5.87. The summed E-state index contributed by atoms with van der Waals surface area (Å²) in [4.78, 5) is 23.0. The van der Waals surface area contributed by atoms with Crippen molar-refractivity contribution in [2.45, 2.75) is 65.5 Å². The van der Waals surface area contributed by atoms with E-state index in [1.54, 1.807) is 7.05 Å². The molecule has 0 saturated carbocycles. The van der Waals surface area contributed by atoms with Crippen LogP contribution >= 0.6 is 0 Å². The topological polar surface area (TPSA) is 67.4 Å². The first-order chi connectivity index (χ1) is 9.46. The lowest BCUT2D eigenvalue weighted by atomic mass is 9.99. The van der Waals surface area contributed by atoms with E-state index in [2.05, 4.69) is 24.5 Å². The summed E-state index contributed by atoms with van der Waals surface area (Å²) in [5.74, 6) is 0.0677. The van der Waals surface area contributed by atoms with Gasteiger partial charge in [-0.1, -0.05) is 26.7 Å². The van der Waals surface area contributed by atoms with Crippen LogP contribution in [0.5, 0.6) is 0 Å². The van der Waals surface area contributed by atoms with Crippen LogP contribution in [0.1, 0.15) is 53.4 Å². The molecule has 2 N–H and O–H groups in total. The zero-order valence-corrected chi connectivity index (χ0v) is 13.5. The smallest absolute Gasteiger partial charge is 0.245 e. The third kappa shape index (κ3) is 7.48. The molecule has 0 radical (unpaired) electrons. The summed E-state index contributed by atoms with van der Waals surface area (Å²) in [6.07, 6.45) is 4.19. The van der Waals surface area contributed by atoms with Crippen molar-refractivity contribution in [3.63, 3.8) is 0 Å². The van der Waals surface area contributed by atoms with Crippen molar-refractivity contribution in [3.05, 3.63) is 0 Å². The fourth-order valence-electron chi connectivity index (χ4n) is 2.28. The van der Waals surface area contributed by atoms with Gasteiger partial charge < -0.3 is 15.4 Å². The maximum atomic E-state index is 11.8. The minimum atomic E-state index is -0.638. The molecular weight excluding hydrogens is 256 g/mol. The highest BCUT2D eigenvalue weighted by atomic mass is 16.5. The lowest BCUT2D eigenvalue weighted by Crippen LogP contribution is -2.52. The monoisotopic (exact) mass is 286 g/mol. The molecule has 0 saturated heterocycles. The van der Waals surface area contributed by atoms with E-state index in [1.165, 1.54) is 6.92 Å². The molecule has 5 nitrogen and oxygen atoms in total. The van der Waals surface area contributed by atoms with Gasteiger partial charge in [-0.2, -0.15) is 0 Å². The van der Waals surface area contributed by atoms with Crippen LogP contribution in [0.3, 0.4) is 0 Å². The van der Waals surface area contributed by atoms with Crippen molar-refractivity contribution >= 4 is 11.8 Å². The SMILES string of the molecule is CCCC(CCC)COC(C)C(NC(C)=O)C(=O)NC. The second-order valence-corrected chi connectivity index (χ2v) is 5.27. The maximum Gasteiger partial charge on any atom is 0.245 e. The lowest BCUT2D eigenvalue weighted by Gasteiger charge is -2.25. The van der Waals surface area contributed by atoms with E-state index in [0.717, 1.165) is 25.7 Å². The predicted molar refractivity (Wildman–Crippen MR) is 80.4 cm³/mol. The molecule has 2 atom stereocenters. The number of likely N-dealkylation sites (N-methyl/N-ethyl adjacent to an activating group) is 1. The molecule has 0 aliphatic heterocycles. The van der Waals surface area contributed by atoms with Crippen molar-refractivity contribution < 1.29 is 14.3 Å². The Kier molecular flexibility index (Phi) is 10.1. The van der Waals surface area contributed by atoms with E-state index >= 15 is 0 Å². The van der Waals surface area contributed by atoms with E-state index in [1.807, 2.05) is 6.92 Å². The quantitative estimate of drug-likeness (QED) is 0.644. The molecule has 0 rings (SSSR count). The van der Waals surface area contributed by atoms with E-state index in [9.17, 15) is 9.59 Å². The molecule has 0 aromatic heterocycles. The summed E-state index contributed by atoms with van der Waals surface area (Å²) >= 11 is 0. The highest BCUT2D eigenvalue weighted by Crippen LogP contribution is 2.15. The first-order valence-electron chi connectivity index (χ1n) is 7.56. The Morgan fingerprint density at radius 3 is 2.10 bits per heavy atom. The molecule has 118 valence electrons. The zero-order valence-electron chi connectivity index (χ0n) is 13.5. The summed E-state index contributed by atoms with van der Waals surface area (Å²) in [5, 5.41) is 5.20. The summed E-state index contributed by atoms with van der Waals surface area (Å²) in [7, 11) is 1.56. The Hall–Kier alpha value is -1.10. The molecule has 2 amide bonds. The van der Waals surface area contributed by atoms with Crippen molar-refractivity contribution in [2.24, 2.45) is 5.92 Å². The number of amides is 2. The summed E-state index contributed by atoms with van der Waals surface area (Å²) in [5.41, 5.74) is 0. The Labute approximate surface area is 122 Å². The van der Waals surface area contributed by atoms with Gasteiger partial charge in [-0.3, -0.25) is 9.59 Å². The standard InChI is InChI=1S/C15H30N2O3/c1-6-8-13(9-7-2)10-20-11(3)14(15(19)16-5)17-12(4)18/h11,13-14H,6-10H2,1-5H3,(H,16,19)(H,17,18). The van der Waals surface area contributed by atoms with E-state index < -0.39 is 6.04 Å². The largest absolute Gasteiger partial charge is 0.376 e. The van der Waals surface area contributed by atoms with Crippen LogP contribution < -0.4 is 10.6 Å². The van der Waals surface area contributed by atoms with Gasteiger partial charge in [-0.15, -0.1) is 0 Å². The Morgan fingerprint density at radius 1 is 1.15 bits per heavy atom. The number of nitrogens with one attached hydrogen (secondary N) is 2. The molecule has 0 fully saturated rings. The van der Waals surface area contributed by atoms with Gasteiger partial charge >= 0.3 is 0 Å². The predicted octanol–water partition coefficient (Wildman–Crippen LogP) is 1.86. The van der Waals surface area contributed by atoms with Gasteiger partial charge in [-0.25, -0.2) is 0 Å². The Bertz CT molecular complexity index is 289. The van der Waals surface area contributed by atoms with E-state index in [4.69, 9.17) is 4.74 Å². The van der Waals surface area contributed by atoms with Gasteiger partial charge in [0.1, 0.15) is 6.04 Å². The van der Waals surface area contributed by atoms with Crippen molar-refractivity contribution in [1.82, 2.24) is 10.6 Å². The number of ether oxygens (including phenoxy) is 1. The van der Waals surface area contributed by atoms with E-state index in [0.29, 0.717) is 12.5 Å². The summed E-state index contributed by atoms with van der Waals surface area (Å²) < 4.78 is 5.82. The van der Waals surface area contributed by atoms with Gasteiger partial charge in [0.15, 0.2) is 0 Å². The summed E-state index contributed by atoms with van der Waals surface area (Å²) in [6, 6.07) is -0.638. The highest BCUT2D eigenvalue weighted by Gasteiger charge is 2.26. The third-order valence-electron chi connectivity index (χ3n) is 3.35. The Morgan fingerprint density at radius 2 is 1.70 bits per heavy atom. The molecular formula is C15H30N2O3. The first kappa shape index (κ1) is 18.9. The zero-order chi connectivity index (χ0) is 15.5. The van der Waals surface area contributed by atoms with Crippen LogP contribution in [-0.4, -0.2) is 37.6 Å². The summed E-state index contributed by atoms with van der Waals surface area (Å²) in [6.45, 7) is 8.19. The minimum Gasteiger partial charge on any atom is -0.376 e. The molecule has 20 heavy (non-hydrogen) atoms. The van der Waals surface area contributed by atoms with Gasteiger partial charge in [0.2, 0.25) is 11.8 Å². The van der Waals surface area contributed by atoms with Crippen LogP contribution in [0, 0.1) is 5.92 Å². The van der Waals surface area contributed by atoms with Crippen LogP contribution in [-0.2, 0) is 14.3 Å². The average molecular weight is 286 g/mol. The second kappa shape index (κ2) is 10.7. The molecule has 0 heterocycles. The van der Waals surface area contributed by atoms with Crippen molar-refractivity contribution in [2.75, 3.05) is 13.7 Å². The van der Waals surface area contributed by atoms with Crippen LogP contribution in [0.25, 0.3) is 0 Å².